The fourth-order valence-electron chi connectivity index (χ4n) is 2.70. The summed E-state index contributed by atoms with van der Waals surface area (Å²) in [4.78, 5) is 4.84. The monoisotopic (exact) mass is 380 g/mol. The first-order valence-electron chi connectivity index (χ1n) is 8.49. The number of hydrogen-bond acceptors (Lipinski definition) is 5. The highest BCUT2D eigenvalue weighted by molar-refractivity contribution is 7.99. The van der Waals surface area contributed by atoms with Crippen molar-refractivity contribution in [2.45, 2.75) is 50.2 Å². The lowest BCUT2D eigenvalue weighted by Crippen LogP contribution is -2.30. The summed E-state index contributed by atoms with van der Waals surface area (Å²) in [6, 6.07) is 7.23. The fraction of sp³-hybridized carbons (Fsp3) is 0.529. The number of thioether (sulfide) groups is 1. The molecule has 8 heteroatoms. The first-order chi connectivity index (χ1) is 12.0. The van der Waals surface area contributed by atoms with Crippen LogP contribution in [0.1, 0.15) is 33.6 Å². The Bertz CT molecular complexity index is 865. The number of nitriles is 1. The summed E-state index contributed by atoms with van der Waals surface area (Å²) in [6.07, 6.45) is 2.06. The van der Waals surface area contributed by atoms with E-state index in [4.69, 9.17) is 5.26 Å². The van der Waals surface area contributed by atoms with Crippen molar-refractivity contribution in [1.82, 2.24) is 13.9 Å². The Morgan fingerprint density at radius 2 is 2.00 bits per heavy atom. The van der Waals surface area contributed by atoms with Crippen LogP contribution in [0.25, 0.3) is 11.0 Å². The fourth-order valence-corrected chi connectivity index (χ4v) is 4.88. The molecule has 0 atom stereocenters. The number of unbranched alkanes of at least 4 members (excludes halogenated alkanes) is 1. The van der Waals surface area contributed by atoms with Crippen molar-refractivity contribution in [3.63, 3.8) is 0 Å². The zero-order chi connectivity index (χ0) is 18.4. The van der Waals surface area contributed by atoms with Gasteiger partial charge in [-0.3, -0.25) is 0 Å². The molecule has 0 saturated carbocycles. The summed E-state index contributed by atoms with van der Waals surface area (Å²) in [7, 11) is -3.51. The number of aromatic nitrogens is 2. The Kier molecular flexibility index (Phi) is 6.87. The van der Waals surface area contributed by atoms with Gasteiger partial charge in [0.15, 0.2) is 5.16 Å². The summed E-state index contributed by atoms with van der Waals surface area (Å²) in [5.74, 6) is 0.319. The first-order valence-corrected chi connectivity index (χ1v) is 10.9. The number of benzene rings is 1. The number of nitrogens with zero attached hydrogens (tertiary/aromatic N) is 4. The number of hydrogen-bond donors (Lipinski definition) is 0. The summed E-state index contributed by atoms with van der Waals surface area (Å²) < 4.78 is 29.0. The predicted molar refractivity (Wildman–Crippen MR) is 101 cm³/mol. The summed E-state index contributed by atoms with van der Waals surface area (Å²) in [5, 5.41) is 9.61. The number of aryl methyl sites for hydroxylation is 1. The smallest absolute Gasteiger partial charge is 0.243 e. The highest BCUT2D eigenvalue weighted by atomic mass is 32.2. The molecule has 0 bridgehead atoms. The Morgan fingerprint density at radius 3 is 2.60 bits per heavy atom. The van der Waals surface area contributed by atoms with Crippen molar-refractivity contribution in [3.8, 4) is 6.07 Å². The van der Waals surface area contributed by atoms with Crippen LogP contribution in [0.3, 0.4) is 0 Å². The van der Waals surface area contributed by atoms with E-state index in [-0.39, 0.29) is 4.90 Å². The molecule has 1 aromatic heterocycles. The van der Waals surface area contributed by atoms with Crippen LogP contribution in [0.15, 0.2) is 28.3 Å². The van der Waals surface area contributed by atoms with E-state index < -0.39 is 10.0 Å². The second-order valence-electron chi connectivity index (χ2n) is 5.59. The molecule has 2 aromatic rings. The Balaban J connectivity index is 2.51. The molecule has 1 heterocycles. The van der Waals surface area contributed by atoms with E-state index in [9.17, 15) is 8.42 Å². The number of imidazole rings is 1. The maximum Gasteiger partial charge on any atom is 0.243 e. The molecule has 6 nitrogen and oxygen atoms in total. The van der Waals surface area contributed by atoms with Crippen molar-refractivity contribution in [2.24, 2.45) is 0 Å². The van der Waals surface area contributed by atoms with Crippen LogP contribution in [0, 0.1) is 11.3 Å². The molecular weight excluding hydrogens is 356 g/mol. The van der Waals surface area contributed by atoms with Gasteiger partial charge in [-0.25, -0.2) is 13.4 Å². The molecule has 25 heavy (non-hydrogen) atoms. The molecular formula is C17H24N4O2S2. The lowest BCUT2D eigenvalue weighted by Gasteiger charge is -2.18. The molecule has 0 N–H and O–H groups in total. The van der Waals surface area contributed by atoms with E-state index in [1.807, 2.05) is 19.9 Å². The molecule has 0 unspecified atom stereocenters. The van der Waals surface area contributed by atoms with Gasteiger partial charge in [0.1, 0.15) is 0 Å². The van der Waals surface area contributed by atoms with Crippen LogP contribution < -0.4 is 0 Å². The lowest BCUT2D eigenvalue weighted by atomic mass is 10.3. The molecule has 0 aliphatic heterocycles. The number of fused-ring (bicyclic) bond motifs is 1. The van der Waals surface area contributed by atoms with Gasteiger partial charge in [-0.2, -0.15) is 9.57 Å². The van der Waals surface area contributed by atoms with Crippen molar-refractivity contribution in [3.05, 3.63) is 18.2 Å². The van der Waals surface area contributed by atoms with Gasteiger partial charge in [-0.1, -0.05) is 39.0 Å². The van der Waals surface area contributed by atoms with Crippen molar-refractivity contribution < 1.29 is 8.42 Å². The molecule has 0 aliphatic carbocycles. The second kappa shape index (κ2) is 8.70. The molecule has 136 valence electrons. The summed E-state index contributed by atoms with van der Waals surface area (Å²) in [5.41, 5.74) is 1.57. The van der Waals surface area contributed by atoms with Crippen LogP contribution in [0.5, 0.6) is 0 Å². The average molecular weight is 381 g/mol. The minimum Gasteiger partial charge on any atom is -0.319 e. The third-order valence-electron chi connectivity index (χ3n) is 4.03. The van der Waals surface area contributed by atoms with Gasteiger partial charge < -0.3 is 4.57 Å². The largest absolute Gasteiger partial charge is 0.319 e. The van der Waals surface area contributed by atoms with E-state index >= 15 is 0 Å². The molecule has 1 aromatic carbocycles. The normalized spacial score (nSPS) is 12.0. The molecule has 2 rings (SSSR count). The molecule has 0 radical (unpaired) electrons. The maximum absolute atomic E-state index is 12.7. The van der Waals surface area contributed by atoms with Crippen molar-refractivity contribution in [1.29, 1.82) is 5.26 Å². The van der Waals surface area contributed by atoms with Crippen LogP contribution >= 0.6 is 11.8 Å². The van der Waals surface area contributed by atoms with E-state index in [0.29, 0.717) is 24.4 Å². The number of rotatable bonds is 9. The lowest BCUT2D eigenvalue weighted by molar-refractivity contribution is 0.445. The summed E-state index contributed by atoms with van der Waals surface area (Å²) >= 11 is 1.38. The molecule has 0 amide bonds. The highest BCUT2D eigenvalue weighted by Crippen LogP contribution is 2.27. The quantitative estimate of drug-likeness (QED) is 0.622. The van der Waals surface area contributed by atoms with Gasteiger partial charge in [0.05, 0.1) is 27.8 Å². The van der Waals surface area contributed by atoms with Gasteiger partial charge in [0.25, 0.3) is 0 Å². The highest BCUT2D eigenvalue weighted by Gasteiger charge is 2.23. The third-order valence-corrected chi connectivity index (χ3v) is 6.92. The molecule has 0 fully saturated rings. The van der Waals surface area contributed by atoms with Gasteiger partial charge in [-0.05, 0) is 24.6 Å². The van der Waals surface area contributed by atoms with Crippen LogP contribution in [-0.4, -0.2) is 41.1 Å². The van der Waals surface area contributed by atoms with E-state index in [1.165, 1.54) is 16.1 Å². The zero-order valence-corrected chi connectivity index (χ0v) is 16.5. The van der Waals surface area contributed by atoms with Gasteiger partial charge in [0, 0.05) is 19.6 Å². The van der Waals surface area contributed by atoms with Crippen LogP contribution in [-0.2, 0) is 16.6 Å². The first kappa shape index (κ1) is 19.8. The molecule has 0 saturated heterocycles. The predicted octanol–water partition coefficient (Wildman–Crippen LogP) is 3.48. The Labute approximate surface area is 153 Å². The topological polar surface area (TPSA) is 79.0 Å². The van der Waals surface area contributed by atoms with Crippen LogP contribution in [0.2, 0.25) is 0 Å². The SMILES string of the molecule is CCCCn1c(SCC#N)nc2cc(S(=O)(=O)N(CC)CC)ccc21. The molecule has 0 spiro atoms. The third kappa shape index (κ3) is 4.17. The zero-order valence-electron chi connectivity index (χ0n) is 14.9. The maximum atomic E-state index is 12.7. The van der Waals surface area contributed by atoms with Gasteiger partial charge in [-0.15, -0.1) is 0 Å². The van der Waals surface area contributed by atoms with E-state index in [1.54, 1.807) is 12.1 Å². The molecule has 0 aliphatic rings. The Hall–Kier alpha value is -1.56. The Morgan fingerprint density at radius 1 is 1.28 bits per heavy atom. The van der Waals surface area contributed by atoms with Crippen molar-refractivity contribution >= 4 is 32.8 Å². The van der Waals surface area contributed by atoms with Gasteiger partial charge in [0.2, 0.25) is 10.0 Å². The minimum absolute atomic E-state index is 0.265. The number of sulfonamides is 1. The minimum atomic E-state index is -3.51. The standard InChI is InChI=1S/C17H24N4O2S2/c1-4-7-11-21-16-9-8-14(25(22,23)20(5-2)6-3)13-15(16)19-17(21)24-12-10-18/h8-9,13H,4-7,11-12H2,1-3H3. The van der Waals surface area contributed by atoms with Crippen molar-refractivity contribution in [2.75, 3.05) is 18.8 Å². The summed E-state index contributed by atoms with van der Waals surface area (Å²) in [6.45, 7) is 7.46. The van der Waals surface area contributed by atoms with Gasteiger partial charge >= 0.3 is 0 Å². The second-order valence-corrected chi connectivity index (χ2v) is 8.47. The van der Waals surface area contributed by atoms with E-state index in [2.05, 4.69) is 22.5 Å². The van der Waals surface area contributed by atoms with Crippen LogP contribution in [0.4, 0.5) is 0 Å². The average Bonchev–Trinajstić information content (AvgIpc) is 2.95. The van der Waals surface area contributed by atoms with E-state index in [0.717, 1.165) is 30.1 Å².